The first-order valence-corrected chi connectivity index (χ1v) is 11.9. The van der Waals surface area contributed by atoms with E-state index in [1.165, 1.54) is 5.56 Å². The molecule has 3 aliphatic rings. The minimum atomic E-state index is -0.147. The van der Waals surface area contributed by atoms with Crippen molar-refractivity contribution in [3.63, 3.8) is 0 Å². The molecule has 0 spiro atoms. The molecule has 3 aliphatic heterocycles. The number of likely N-dealkylation sites (tertiary alicyclic amines) is 1. The molecule has 176 valence electrons. The van der Waals surface area contributed by atoms with Crippen LogP contribution in [0.15, 0.2) is 54.6 Å². The molecule has 1 atom stereocenters. The Morgan fingerprint density at radius 1 is 1.03 bits per heavy atom. The van der Waals surface area contributed by atoms with Crippen molar-refractivity contribution in [3.05, 3.63) is 77.1 Å². The van der Waals surface area contributed by atoms with Gasteiger partial charge in [-0.25, -0.2) is 0 Å². The van der Waals surface area contributed by atoms with Gasteiger partial charge < -0.3 is 19.5 Å². The van der Waals surface area contributed by atoms with E-state index in [0.717, 1.165) is 55.2 Å². The quantitative estimate of drug-likeness (QED) is 0.630. The number of hydrogen-bond donors (Lipinski definition) is 1. The summed E-state index contributed by atoms with van der Waals surface area (Å²) in [6.45, 7) is 4.13. The topological polar surface area (TPSA) is 77.9 Å². The molecule has 2 aromatic carbocycles. The summed E-state index contributed by atoms with van der Waals surface area (Å²) in [6.07, 6.45) is 1.75. The van der Waals surface area contributed by atoms with Crippen molar-refractivity contribution in [2.45, 2.75) is 44.7 Å². The molecule has 1 aromatic heterocycles. The molecule has 8 heteroatoms. The zero-order chi connectivity index (χ0) is 22.9. The fourth-order valence-corrected chi connectivity index (χ4v) is 4.89. The number of hydrogen-bond acceptors (Lipinski definition) is 6. The lowest BCUT2D eigenvalue weighted by molar-refractivity contribution is -0.00128. The Kier molecular flexibility index (Phi) is 5.68. The standard InChI is InChI=1S/C26H28N4O4/c31-26(27-20-8-10-29(11-9-20)14-18-4-2-1-3-5-18)22-13-21-16-32-25(15-30(21)28-22)19-6-7-23-24(12-19)34-17-33-23/h1-7,12-13,20,25H,8-11,14-17H2,(H,27,31). The summed E-state index contributed by atoms with van der Waals surface area (Å²) < 4.78 is 18.8. The first kappa shape index (κ1) is 21.2. The Balaban J connectivity index is 1.04. The van der Waals surface area contributed by atoms with Crippen molar-refractivity contribution in [3.8, 4) is 11.5 Å². The van der Waals surface area contributed by atoms with E-state index in [4.69, 9.17) is 14.2 Å². The minimum Gasteiger partial charge on any atom is -0.454 e. The Bertz CT molecular complexity index is 1170. The monoisotopic (exact) mass is 460 g/mol. The van der Waals surface area contributed by atoms with Gasteiger partial charge in [-0.15, -0.1) is 0 Å². The molecule has 4 heterocycles. The third-order valence-electron chi connectivity index (χ3n) is 6.81. The average molecular weight is 461 g/mol. The highest BCUT2D eigenvalue weighted by atomic mass is 16.7. The van der Waals surface area contributed by atoms with Crippen LogP contribution in [-0.4, -0.2) is 46.5 Å². The second kappa shape index (κ2) is 9.12. The summed E-state index contributed by atoms with van der Waals surface area (Å²) in [6, 6.07) is 18.4. The molecule has 6 rings (SSSR count). The maximum atomic E-state index is 12.9. The Labute approximate surface area is 198 Å². The zero-order valence-corrected chi connectivity index (χ0v) is 19.0. The second-order valence-corrected chi connectivity index (χ2v) is 9.12. The van der Waals surface area contributed by atoms with Crippen molar-refractivity contribution in [2.24, 2.45) is 0 Å². The van der Waals surface area contributed by atoms with Crippen LogP contribution >= 0.6 is 0 Å². The summed E-state index contributed by atoms with van der Waals surface area (Å²) in [5, 5.41) is 7.78. The lowest BCUT2D eigenvalue weighted by Crippen LogP contribution is -2.44. The third-order valence-corrected chi connectivity index (χ3v) is 6.81. The van der Waals surface area contributed by atoms with Crippen LogP contribution in [0.3, 0.4) is 0 Å². The van der Waals surface area contributed by atoms with E-state index < -0.39 is 0 Å². The van der Waals surface area contributed by atoms with E-state index in [9.17, 15) is 4.79 Å². The SMILES string of the molecule is O=C(NC1CCN(Cc2ccccc2)CC1)c1cc2n(n1)CC(c1ccc3c(c1)OCO3)OC2. The number of piperidine rings is 1. The van der Waals surface area contributed by atoms with Crippen LogP contribution in [-0.2, 0) is 24.4 Å². The van der Waals surface area contributed by atoms with E-state index in [1.807, 2.05) is 35.0 Å². The minimum absolute atomic E-state index is 0.108. The van der Waals surface area contributed by atoms with Gasteiger partial charge in [-0.2, -0.15) is 5.10 Å². The number of rotatable bonds is 5. The van der Waals surface area contributed by atoms with Crippen molar-refractivity contribution in [2.75, 3.05) is 19.9 Å². The van der Waals surface area contributed by atoms with Crippen LogP contribution in [0.4, 0.5) is 0 Å². The van der Waals surface area contributed by atoms with E-state index >= 15 is 0 Å². The third kappa shape index (κ3) is 4.38. The number of amides is 1. The molecule has 34 heavy (non-hydrogen) atoms. The van der Waals surface area contributed by atoms with Gasteiger partial charge in [-0.3, -0.25) is 14.4 Å². The number of carbonyl (C=O) groups is 1. The van der Waals surface area contributed by atoms with Gasteiger partial charge in [0.2, 0.25) is 6.79 Å². The number of aromatic nitrogens is 2. The molecule has 1 amide bonds. The molecule has 0 radical (unpaired) electrons. The number of nitrogens with zero attached hydrogens (tertiary/aromatic N) is 3. The maximum absolute atomic E-state index is 12.9. The molecule has 0 aliphatic carbocycles. The van der Waals surface area contributed by atoms with Crippen molar-refractivity contribution in [1.29, 1.82) is 0 Å². The van der Waals surface area contributed by atoms with Gasteiger partial charge >= 0.3 is 0 Å². The summed E-state index contributed by atoms with van der Waals surface area (Å²) >= 11 is 0. The average Bonchev–Trinajstić information content (AvgIpc) is 3.52. The Morgan fingerprint density at radius 3 is 2.71 bits per heavy atom. The summed E-state index contributed by atoms with van der Waals surface area (Å²) in [4.78, 5) is 15.4. The highest BCUT2D eigenvalue weighted by molar-refractivity contribution is 5.92. The van der Waals surface area contributed by atoms with Crippen LogP contribution in [0.5, 0.6) is 11.5 Å². The number of benzene rings is 2. The highest BCUT2D eigenvalue weighted by Gasteiger charge is 2.27. The largest absolute Gasteiger partial charge is 0.454 e. The molecule has 1 fully saturated rings. The van der Waals surface area contributed by atoms with Gasteiger partial charge in [-0.1, -0.05) is 36.4 Å². The van der Waals surface area contributed by atoms with Gasteiger partial charge in [0.15, 0.2) is 17.2 Å². The summed E-state index contributed by atoms with van der Waals surface area (Å²) in [5.41, 5.74) is 3.71. The smallest absolute Gasteiger partial charge is 0.272 e. The van der Waals surface area contributed by atoms with Crippen molar-refractivity contribution < 1.29 is 19.0 Å². The first-order chi connectivity index (χ1) is 16.7. The van der Waals surface area contributed by atoms with Gasteiger partial charge in [0, 0.05) is 25.7 Å². The Morgan fingerprint density at radius 2 is 1.85 bits per heavy atom. The zero-order valence-electron chi connectivity index (χ0n) is 19.0. The number of nitrogens with one attached hydrogen (secondary N) is 1. The second-order valence-electron chi connectivity index (χ2n) is 9.12. The molecule has 1 saturated heterocycles. The van der Waals surface area contributed by atoms with E-state index in [-0.39, 0.29) is 24.8 Å². The molecule has 0 saturated carbocycles. The van der Waals surface area contributed by atoms with Crippen molar-refractivity contribution in [1.82, 2.24) is 20.0 Å². The van der Waals surface area contributed by atoms with Gasteiger partial charge in [0.25, 0.3) is 5.91 Å². The molecule has 3 aromatic rings. The first-order valence-electron chi connectivity index (χ1n) is 11.9. The number of carbonyl (C=O) groups excluding carboxylic acids is 1. The van der Waals surface area contributed by atoms with E-state index in [2.05, 4.69) is 39.6 Å². The van der Waals surface area contributed by atoms with Crippen LogP contribution in [0.1, 0.15) is 46.3 Å². The van der Waals surface area contributed by atoms with Crippen LogP contribution < -0.4 is 14.8 Å². The highest BCUT2D eigenvalue weighted by Crippen LogP contribution is 2.36. The molecule has 1 unspecified atom stereocenters. The fourth-order valence-electron chi connectivity index (χ4n) is 4.89. The maximum Gasteiger partial charge on any atom is 0.272 e. The number of ether oxygens (including phenoxy) is 3. The van der Waals surface area contributed by atoms with Gasteiger partial charge in [0.1, 0.15) is 6.10 Å². The van der Waals surface area contributed by atoms with Gasteiger partial charge in [-0.05, 0) is 42.2 Å². The van der Waals surface area contributed by atoms with E-state index in [0.29, 0.717) is 18.8 Å². The molecule has 8 nitrogen and oxygen atoms in total. The fraction of sp³-hybridized carbons (Fsp3) is 0.385. The van der Waals surface area contributed by atoms with Gasteiger partial charge in [0.05, 0.1) is 18.8 Å². The molecule has 0 bridgehead atoms. The molecule has 1 N–H and O–H groups in total. The van der Waals surface area contributed by atoms with Crippen LogP contribution in [0.2, 0.25) is 0 Å². The normalized spacial score (nSPS) is 20.2. The lowest BCUT2D eigenvalue weighted by Gasteiger charge is -2.32. The molecular formula is C26H28N4O4. The van der Waals surface area contributed by atoms with E-state index in [1.54, 1.807) is 0 Å². The predicted octanol–water partition coefficient (Wildman–Crippen LogP) is 3.28. The van der Waals surface area contributed by atoms with Crippen LogP contribution in [0, 0.1) is 0 Å². The summed E-state index contributed by atoms with van der Waals surface area (Å²) in [7, 11) is 0. The van der Waals surface area contributed by atoms with Crippen LogP contribution in [0.25, 0.3) is 0 Å². The number of fused-ring (bicyclic) bond motifs is 2. The summed E-state index contributed by atoms with van der Waals surface area (Å²) in [5.74, 6) is 1.38. The predicted molar refractivity (Wildman–Crippen MR) is 125 cm³/mol. The Hall–Kier alpha value is -3.36. The lowest BCUT2D eigenvalue weighted by atomic mass is 10.0. The molecular weight excluding hydrogens is 432 g/mol. The van der Waals surface area contributed by atoms with Crippen molar-refractivity contribution >= 4 is 5.91 Å².